The maximum Gasteiger partial charge on any atom is 0.417 e. The van der Waals surface area contributed by atoms with Gasteiger partial charge in [0.25, 0.3) is 0 Å². The molecule has 8 heteroatoms. The average molecular weight is 311 g/mol. The summed E-state index contributed by atoms with van der Waals surface area (Å²) in [6.07, 6.45) is -2.42. The zero-order chi connectivity index (χ0) is 16.2. The number of phenolic OH excluding ortho intramolecular Hbond substituents is 1. The van der Waals surface area contributed by atoms with E-state index in [4.69, 9.17) is 4.74 Å². The molecule has 116 valence electrons. The Kier molecular flexibility index (Phi) is 4.50. The van der Waals surface area contributed by atoms with Gasteiger partial charge in [-0.2, -0.15) is 18.3 Å². The fraction of sp³-hybridized carbons (Fsp3) is 0.143. The largest absolute Gasteiger partial charge is 0.507 e. The van der Waals surface area contributed by atoms with Crippen molar-refractivity contribution in [3.63, 3.8) is 0 Å². The number of alkyl halides is 3. The Bertz CT molecular complexity index is 670. The molecule has 0 aliphatic rings. The zero-order valence-electron chi connectivity index (χ0n) is 11.4. The molecule has 5 nitrogen and oxygen atoms in total. The highest BCUT2D eigenvalue weighted by Gasteiger charge is 2.30. The summed E-state index contributed by atoms with van der Waals surface area (Å²) >= 11 is 0. The minimum absolute atomic E-state index is 0.00766. The number of phenols is 1. The molecule has 0 bridgehead atoms. The second-order valence-electron chi connectivity index (χ2n) is 4.22. The molecule has 2 aromatic rings. The second-order valence-corrected chi connectivity index (χ2v) is 4.22. The number of aromatic nitrogens is 1. The van der Waals surface area contributed by atoms with Crippen LogP contribution in [0.1, 0.15) is 11.1 Å². The summed E-state index contributed by atoms with van der Waals surface area (Å²) in [5, 5.41) is 13.4. The van der Waals surface area contributed by atoms with E-state index < -0.39 is 11.7 Å². The normalized spacial score (nSPS) is 11.6. The van der Waals surface area contributed by atoms with Crippen LogP contribution in [0.3, 0.4) is 0 Å². The molecule has 2 rings (SSSR count). The molecule has 0 atom stereocenters. The number of rotatable bonds is 4. The van der Waals surface area contributed by atoms with Crippen LogP contribution in [-0.4, -0.2) is 23.4 Å². The summed E-state index contributed by atoms with van der Waals surface area (Å²) in [6, 6.07) is 6.63. The third kappa shape index (κ3) is 3.87. The van der Waals surface area contributed by atoms with Crippen LogP contribution in [0, 0.1) is 0 Å². The Labute approximate surface area is 124 Å². The molecule has 0 unspecified atom stereocenters. The van der Waals surface area contributed by atoms with Gasteiger partial charge >= 0.3 is 6.18 Å². The van der Waals surface area contributed by atoms with Gasteiger partial charge in [-0.1, -0.05) is 0 Å². The van der Waals surface area contributed by atoms with Crippen LogP contribution >= 0.6 is 0 Å². The summed E-state index contributed by atoms with van der Waals surface area (Å²) in [5.74, 6) is 0.672. The summed E-state index contributed by atoms with van der Waals surface area (Å²) in [5.41, 5.74) is 2.02. The molecular weight excluding hydrogens is 299 g/mol. The lowest BCUT2D eigenvalue weighted by atomic mass is 10.2. The van der Waals surface area contributed by atoms with Crippen molar-refractivity contribution >= 4 is 12.0 Å². The summed E-state index contributed by atoms with van der Waals surface area (Å²) in [7, 11) is 1.48. The summed E-state index contributed by atoms with van der Waals surface area (Å²) < 4.78 is 42.1. The van der Waals surface area contributed by atoms with E-state index in [-0.39, 0.29) is 11.6 Å². The first kappa shape index (κ1) is 15.6. The predicted molar refractivity (Wildman–Crippen MR) is 75.1 cm³/mol. The number of hydrogen-bond donors (Lipinski definition) is 2. The summed E-state index contributed by atoms with van der Waals surface area (Å²) in [4.78, 5) is 3.60. The molecule has 1 aromatic carbocycles. The van der Waals surface area contributed by atoms with E-state index in [1.807, 2.05) is 0 Å². The van der Waals surface area contributed by atoms with Gasteiger partial charge in [0, 0.05) is 11.8 Å². The molecule has 22 heavy (non-hydrogen) atoms. The Balaban J connectivity index is 2.06. The van der Waals surface area contributed by atoms with Crippen molar-refractivity contribution in [2.45, 2.75) is 6.18 Å². The standard InChI is InChI=1S/C14H12F3N3O2/c1-22-11-3-4-12(21)9(6-11)7-19-20-13-5-2-10(8-18-13)14(15,16)17/h2-8,21H,1H3,(H,18,20)/b19-7+. The van der Waals surface area contributed by atoms with Gasteiger partial charge < -0.3 is 9.84 Å². The number of pyridine rings is 1. The molecule has 0 radical (unpaired) electrons. The lowest BCUT2D eigenvalue weighted by molar-refractivity contribution is -0.137. The smallest absolute Gasteiger partial charge is 0.417 e. The Morgan fingerprint density at radius 1 is 1.27 bits per heavy atom. The number of hydrazone groups is 1. The Morgan fingerprint density at radius 2 is 2.05 bits per heavy atom. The highest BCUT2D eigenvalue weighted by molar-refractivity contribution is 5.84. The maximum absolute atomic E-state index is 12.4. The van der Waals surface area contributed by atoms with Crippen LogP contribution in [0.2, 0.25) is 0 Å². The quantitative estimate of drug-likeness (QED) is 0.672. The first-order valence-electron chi connectivity index (χ1n) is 6.09. The van der Waals surface area contributed by atoms with Crippen molar-refractivity contribution in [1.29, 1.82) is 0 Å². The number of anilines is 1. The number of nitrogens with zero attached hydrogens (tertiary/aromatic N) is 2. The molecule has 0 fully saturated rings. The van der Waals surface area contributed by atoms with Crippen LogP contribution in [-0.2, 0) is 6.18 Å². The first-order valence-corrected chi connectivity index (χ1v) is 6.09. The monoisotopic (exact) mass is 311 g/mol. The number of halogens is 3. The van der Waals surface area contributed by atoms with Crippen molar-refractivity contribution in [2.75, 3.05) is 12.5 Å². The third-order valence-corrected chi connectivity index (χ3v) is 2.71. The number of methoxy groups -OCH3 is 1. The van der Waals surface area contributed by atoms with Crippen LogP contribution < -0.4 is 10.2 Å². The van der Waals surface area contributed by atoms with Crippen molar-refractivity contribution in [3.05, 3.63) is 47.7 Å². The first-order chi connectivity index (χ1) is 10.4. The maximum atomic E-state index is 12.4. The molecule has 0 aliphatic heterocycles. The fourth-order valence-corrected chi connectivity index (χ4v) is 1.56. The van der Waals surface area contributed by atoms with Crippen LogP contribution in [0.15, 0.2) is 41.6 Å². The minimum atomic E-state index is -4.43. The molecule has 2 N–H and O–H groups in total. The van der Waals surface area contributed by atoms with Gasteiger partial charge in [-0.25, -0.2) is 4.98 Å². The Hall–Kier alpha value is -2.77. The van der Waals surface area contributed by atoms with Gasteiger partial charge in [-0.3, -0.25) is 5.43 Å². The zero-order valence-corrected chi connectivity index (χ0v) is 11.4. The third-order valence-electron chi connectivity index (χ3n) is 2.71. The van der Waals surface area contributed by atoms with Crippen molar-refractivity contribution in [3.8, 4) is 11.5 Å². The number of aromatic hydroxyl groups is 1. The van der Waals surface area contributed by atoms with Crippen LogP contribution in [0.5, 0.6) is 11.5 Å². The molecule has 0 spiro atoms. The van der Waals surface area contributed by atoms with E-state index in [1.54, 1.807) is 12.1 Å². The van der Waals surface area contributed by atoms with E-state index in [0.717, 1.165) is 12.1 Å². The molecule has 0 amide bonds. The van der Waals surface area contributed by atoms with Gasteiger partial charge in [0.15, 0.2) is 0 Å². The van der Waals surface area contributed by atoms with Gasteiger partial charge in [0.05, 0.1) is 18.9 Å². The molecule has 1 aromatic heterocycles. The number of ether oxygens (including phenoxy) is 1. The number of hydrogen-bond acceptors (Lipinski definition) is 5. The lowest BCUT2D eigenvalue weighted by Crippen LogP contribution is -2.05. The highest BCUT2D eigenvalue weighted by Crippen LogP contribution is 2.28. The molecule has 0 aliphatic carbocycles. The molecular formula is C14H12F3N3O2. The van der Waals surface area contributed by atoms with Gasteiger partial charge in [-0.15, -0.1) is 0 Å². The van der Waals surface area contributed by atoms with Gasteiger partial charge in [0.1, 0.15) is 17.3 Å². The Morgan fingerprint density at radius 3 is 2.64 bits per heavy atom. The van der Waals surface area contributed by atoms with E-state index in [2.05, 4.69) is 15.5 Å². The van der Waals surface area contributed by atoms with Gasteiger partial charge in [-0.05, 0) is 30.3 Å². The summed E-state index contributed by atoms with van der Waals surface area (Å²) in [6.45, 7) is 0. The van der Waals surface area contributed by atoms with E-state index in [9.17, 15) is 18.3 Å². The molecule has 0 saturated heterocycles. The average Bonchev–Trinajstić information content (AvgIpc) is 2.49. The van der Waals surface area contributed by atoms with Crippen molar-refractivity contribution in [1.82, 2.24) is 4.98 Å². The van der Waals surface area contributed by atoms with Crippen LogP contribution in [0.25, 0.3) is 0 Å². The second kappa shape index (κ2) is 6.33. The van der Waals surface area contributed by atoms with Crippen molar-refractivity contribution < 1.29 is 23.0 Å². The molecule has 0 saturated carbocycles. The number of benzene rings is 1. The van der Waals surface area contributed by atoms with Gasteiger partial charge in [0.2, 0.25) is 0 Å². The van der Waals surface area contributed by atoms with E-state index >= 15 is 0 Å². The topological polar surface area (TPSA) is 66.7 Å². The fourth-order valence-electron chi connectivity index (χ4n) is 1.56. The predicted octanol–water partition coefficient (Wildman–Crippen LogP) is 3.26. The minimum Gasteiger partial charge on any atom is -0.507 e. The van der Waals surface area contributed by atoms with Crippen molar-refractivity contribution in [2.24, 2.45) is 5.10 Å². The SMILES string of the molecule is COc1ccc(O)c(/C=N/Nc2ccc(C(F)(F)F)cn2)c1. The lowest BCUT2D eigenvalue weighted by Gasteiger charge is -2.06. The highest BCUT2D eigenvalue weighted by atomic mass is 19.4. The molecule has 1 heterocycles. The van der Waals surface area contributed by atoms with E-state index in [0.29, 0.717) is 17.5 Å². The number of nitrogens with one attached hydrogen (secondary N) is 1. The van der Waals surface area contributed by atoms with E-state index in [1.165, 1.54) is 19.4 Å². The van der Waals surface area contributed by atoms with Crippen LogP contribution in [0.4, 0.5) is 19.0 Å².